The van der Waals surface area contributed by atoms with Crippen molar-refractivity contribution in [3.63, 3.8) is 0 Å². The summed E-state index contributed by atoms with van der Waals surface area (Å²) in [5, 5.41) is 9.25. The maximum absolute atomic E-state index is 9.25. The molecule has 4 atom stereocenters. The third kappa shape index (κ3) is 2.66. The van der Waals surface area contributed by atoms with E-state index in [2.05, 4.69) is 13.8 Å². The molecule has 11 heavy (non-hydrogen) atoms. The van der Waals surface area contributed by atoms with E-state index in [1.807, 2.05) is 6.92 Å². The van der Waals surface area contributed by atoms with Crippen LogP contribution < -0.4 is 0 Å². The van der Waals surface area contributed by atoms with Gasteiger partial charge in [0.1, 0.15) is 0 Å². The second-order valence-electron chi connectivity index (χ2n) is 3.19. The topological polar surface area (TPSA) is 29.5 Å². The largest absolute Gasteiger partial charge is 0.368 e. The molecule has 0 aliphatic carbocycles. The summed E-state index contributed by atoms with van der Waals surface area (Å²) < 4.78 is 5.29. The van der Waals surface area contributed by atoms with Crippen LogP contribution in [-0.4, -0.2) is 17.5 Å². The molecule has 0 bridgehead atoms. The van der Waals surface area contributed by atoms with Crippen LogP contribution in [0.15, 0.2) is 0 Å². The van der Waals surface area contributed by atoms with E-state index in [1.165, 1.54) is 0 Å². The predicted molar refractivity (Wildman–Crippen MR) is 39.5 cm³/mol. The van der Waals surface area contributed by atoms with Crippen molar-refractivity contribution in [1.82, 2.24) is 0 Å². The van der Waals surface area contributed by atoms with Gasteiger partial charge in [0.15, 0.2) is 6.29 Å². The van der Waals surface area contributed by atoms with Gasteiger partial charge in [0.05, 0.1) is 6.10 Å². The smallest absolute Gasteiger partial charge is 0.157 e. The average Bonchev–Trinajstić information content (AvgIpc) is 2.17. The molecule has 0 saturated carbocycles. The van der Waals surface area contributed by atoms with Crippen molar-refractivity contribution >= 4 is 0 Å². The van der Waals surface area contributed by atoms with Gasteiger partial charge in [0.25, 0.3) is 0 Å². The Bertz CT molecular complexity index is 119. The summed E-state index contributed by atoms with van der Waals surface area (Å²) in [6, 6.07) is 0. The molecule has 1 aliphatic rings. The van der Waals surface area contributed by atoms with Gasteiger partial charge in [-0.2, -0.15) is 0 Å². The third-order valence-electron chi connectivity index (χ3n) is 2.58. The van der Waals surface area contributed by atoms with E-state index < -0.39 is 6.29 Å². The molecule has 63 valence electrons. The molecule has 1 N–H and O–H groups in total. The van der Waals surface area contributed by atoms with Gasteiger partial charge in [-0.1, -0.05) is 20.8 Å². The first-order valence-electron chi connectivity index (χ1n) is 4.00. The van der Waals surface area contributed by atoms with Crippen molar-refractivity contribution < 1.29 is 53.9 Å². The van der Waals surface area contributed by atoms with Crippen LogP contribution in [0.3, 0.4) is 0 Å². The van der Waals surface area contributed by atoms with E-state index in [0.717, 1.165) is 6.42 Å². The summed E-state index contributed by atoms with van der Waals surface area (Å²) in [7, 11) is 0. The van der Waals surface area contributed by atoms with Crippen molar-refractivity contribution in [3.8, 4) is 0 Å². The maximum Gasteiger partial charge on any atom is 0.157 e. The molecule has 1 rings (SSSR count). The van der Waals surface area contributed by atoms with E-state index in [-0.39, 0.29) is 50.2 Å². The summed E-state index contributed by atoms with van der Waals surface area (Å²) in [4.78, 5) is 0. The first-order chi connectivity index (χ1) is 4.66. The number of hydrogen-bond donors (Lipinski definition) is 1. The van der Waals surface area contributed by atoms with Gasteiger partial charge in [0.2, 0.25) is 0 Å². The van der Waals surface area contributed by atoms with Crippen LogP contribution in [0, 0.1) is 55.9 Å². The van der Waals surface area contributed by atoms with Crippen LogP contribution >= 0.6 is 0 Å². The standard InChI is InChI=1S/C8H16O2.Ac/c1-4-7-5(2)6(3)8(9)10-7;/h5-9H,4H2,1-3H3;/t5?,6-,7+,8+;/m1./s1. The van der Waals surface area contributed by atoms with E-state index in [4.69, 9.17) is 4.74 Å². The minimum absolute atomic E-state index is 0. The maximum atomic E-state index is 9.25. The zero-order valence-corrected chi connectivity index (χ0v) is 12.2. The number of hydrogen-bond acceptors (Lipinski definition) is 2. The average molecular weight is 371 g/mol. The molecule has 1 unspecified atom stereocenters. The van der Waals surface area contributed by atoms with Crippen LogP contribution in [-0.2, 0) is 4.74 Å². The van der Waals surface area contributed by atoms with E-state index in [0.29, 0.717) is 11.8 Å². The van der Waals surface area contributed by atoms with E-state index in [1.54, 1.807) is 0 Å². The van der Waals surface area contributed by atoms with Gasteiger partial charge >= 0.3 is 0 Å². The Morgan fingerprint density at radius 3 is 2.00 bits per heavy atom. The molecular weight excluding hydrogens is 355 g/mol. The second-order valence-corrected chi connectivity index (χ2v) is 3.19. The number of aliphatic hydroxyl groups is 1. The van der Waals surface area contributed by atoms with Gasteiger partial charge in [0, 0.05) is 50.0 Å². The molecule has 0 aromatic heterocycles. The molecule has 1 saturated heterocycles. The van der Waals surface area contributed by atoms with E-state index >= 15 is 0 Å². The normalized spacial score (nSPS) is 43.6. The molecule has 0 spiro atoms. The SMILES string of the molecule is CC[C@@H]1O[C@H](O)[C@H](C)C1C.[Ac]. The number of aliphatic hydroxyl groups excluding tert-OH is 1. The van der Waals surface area contributed by atoms with Gasteiger partial charge in [-0.25, -0.2) is 0 Å². The van der Waals surface area contributed by atoms with Crippen molar-refractivity contribution in [1.29, 1.82) is 0 Å². The van der Waals surface area contributed by atoms with Crippen molar-refractivity contribution in [2.75, 3.05) is 0 Å². The first kappa shape index (κ1) is 12.4. The summed E-state index contributed by atoms with van der Waals surface area (Å²) in [5.41, 5.74) is 0. The zero-order chi connectivity index (χ0) is 7.72. The Hall–Kier alpha value is 1.36. The molecular formula is C8H16AcO2. The summed E-state index contributed by atoms with van der Waals surface area (Å²) in [6.07, 6.45) is 0.743. The molecule has 1 fully saturated rings. The van der Waals surface area contributed by atoms with Crippen LogP contribution in [0.4, 0.5) is 0 Å². The molecule has 0 aromatic carbocycles. The van der Waals surface area contributed by atoms with Crippen LogP contribution in [0.25, 0.3) is 0 Å². The Labute approximate surface area is 104 Å². The summed E-state index contributed by atoms with van der Waals surface area (Å²) in [6.45, 7) is 6.26. The van der Waals surface area contributed by atoms with Gasteiger partial charge in [-0.3, -0.25) is 0 Å². The summed E-state index contributed by atoms with van der Waals surface area (Å²) in [5.74, 6) is 0.796. The molecule has 0 aromatic rings. The third-order valence-corrected chi connectivity index (χ3v) is 2.58. The number of ether oxygens (including phenoxy) is 1. The van der Waals surface area contributed by atoms with Crippen LogP contribution in [0.2, 0.25) is 0 Å². The van der Waals surface area contributed by atoms with Gasteiger partial charge in [-0.15, -0.1) is 0 Å². The fourth-order valence-electron chi connectivity index (χ4n) is 1.49. The van der Waals surface area contributed by atoms with E-state index in [9.17, 15) is 5.11 Å². The Kier molecular flexibility index (Phi) is 5.81. The molecule has 1 aliphatic heterocycles. The molecule has 0 amide bonds. The van der Waals surface area contributed by atoms with Crippen molar-refractivity contribution in [3.05, 3.63) is 0 Å². The fourth-order valence-corrected chi connectivity index (χ4v) is 1.49. The Morgan fingerprint density at radius 1 is 1.27 bits per heavy atom. The molecule has 2 nitrogen and oxygen atoms in total. The van der Waals surface area contributed by atoms with Crippen LogP contribution in [0.1, 0.15) is 27.2 Å². The minimum atomic E-state index is -0.528. The molecule has 3 heteroatoms. The first-order valence-corrected chi connectivity index (χ1v) is 4.00. The second kappa shape index (κ2) is 5.17. The summed E-state index contributed by atoms with van der Waals surface area (Å²) >= 11 is 0. The Balaban J connectivity index is 0.000001000. The molecule has 1 radical (unpaired) electrons. The quantitative estimate of drug-likeness (QED) is 0.755. The van der Waals surface area contributed by atoms with Crippen molar-refractivity contribution in [2.24, 2.45) is 11.8 Å². The number of rotatable bonds is 1. The Morgan fingerprint density at radius 2 is 1.82 bits per heavy atom. The fraction of sp³-hybridized carbons (Fsp3) is 1.00. The van der Waals surface area contributed by atoms with Gasteiger partial charge < -0.3 is 9.84 Å². The van der Waals surface area contributed by atoms with Crippen LogP contribution in [0.5, 0.6) is 0 Å². The monoisotopic (exact) mass is 371 g/mol. The minimum Gasteiger partial charge on any atom is -0.368 e. The van der Waals surface area contributed by atoms with Crippen molar-refractivity contribution in [2.45, 2.75) is 39.6 Å². The molecule has 1 heterocycles. The predicted octanol–water partition coefficient (Wildman–Crippen LogP) is 1.39. The zero-order valence-electron chi connectivity index (χ0n) is 7.45. The van der Waals surface area contributed by atoms with Gasteiger partial charge in [-0.05, 0) is 12.3 Å².